The Morgan fingerprint density at radius 1 is 1.00 bits per heavy atom. The lowest BCUT2D eigenvalue weighted by atomic mass is 10.3. The van der Waals surface area contributed by atoms with Crippen molar-refractivity contribution in [2.45, 2.75) is 58.2 Å². The number of carbonyl (C=O) groups excluding carboxylic acids is 2. The van der Waals surface area contributed by atoms with Crippen molar-refractivity contribution in [3.8, 4) is 0 Å². The van der Waals surface area contributed by atoms with Crippen LogP contribution in [0.5, 0.6) is 0 Å². The van der Waals surface area contributed by atoms with E-state index in [2.05, 4.69) is 0 Å². The van der Waals surface area contributed by atoms with Gasteiger partial charge in [-0.2, -0.15) is 0 Å². The smallest absolute Gasteiger partial charge is 0.305 e. The van der Waals surface area contributed by atoms with E-state index < -0.39 is 0 Å². The summed E-state index contributed by atoms with van der Waals surface area (Å²) in [6.07, 6.45) is 2.92. The topological polar surface area (TPSA) is 52.6 Å². The lowest BCUT2D eigenvalue weighted by Gasteiger charge is -2.12. The van der Waals surface area contributed by atoms with Crippen molar-refractivity contribution in [3.63, 3.8) is 0 Å². The third kappa shape index (κ3) is 3.90. The Balaban J connectivity index is 2.26. The molecule has 0 aromatic heterocycles. The molecule has 15 heavy (non-hydrogen) atoms. The van der Waals surface area contributed by atoms with Gasteiger partial charge in [0.1, 0.15) is 12.2 Å². The van der Waals surface area contributed by atoms with E-state index in [4.69, 9.17) is 9.47 Å². The molecule has 1 aliphatic rings. The number of hydrogen-bond donors (Lipinski definition) is 0. The highest BCUT2D eigenvalue weighted by Gasteiger charge is 2.29. The highest BCUT2D eigenvalue weighted by molar-refractivity contribution is 5.69. The summed E-state index contributed by atoms with van der Waals surface area (Å²) >= 11 is 0. The van der Waals surface area contributed by atoms with E-state index in [9.17, 15) is 9.59 Å². The van der Waals surface area contributed by atoms with Crippen LogP contribution >= 0.6 is 0 Å². The Labute approximate surface area is 89.9 Å². The van der Waals surface area contributed by atoms with Gasteiger partial charge < -0.3 is 9.47 Å². The fourth-order valence-corrected chi connectivity index (χ4v) is 1.65. The molecule has 0 saturated heterocycles. The molecule has 0 aromatic carbocycles. The van der Waals surface area contributed by atoms with E-state index in [-0.39, 0.29) is 24.1 Å². The summed E-state index contributed by atoms with van der Waals surface area (Å²) in [6, 6.07) is 0. The van der Waals surface area contributed by atoms with Gasteiger partial charge in [0, 0.05) is 19.3 Å². The molecule has 1 fully saturated rings. The lowest BCUT2D eigenvalue weighted by Crippen LogP contribution is -2.18. The largest absolute Gasteiger partial charge is 0.462 e. The monoisotopic (exact) mass is 214 g/mol. The predicted molar refractivity (Wildman–Crippen MR) is 54.2 cm³/mol. The summed E-state index contributed by atoms with van der Waals surface area (Å²) in [5.41, 5.74) is 0. The molecule has 4 heteroatoms. The summed E-state index contributed by atoms with van der Waals surface area (Å²) < 4.78 is 10.4. The maximum atomic E-state index is 11.0. The minimum atomic E-state index is -0.178. The first-order valence-electron chi connectivity index (χ1n) is 5.54. The number of ether oxygens (including phenoxy) is 2. The molecule has 1 rings (SSSR count). The number of esters is 2. The first-order chi connectivity index (χ1) is 7.15. The van der Waals surface area contributed by atoms with Gasteiger partial charge in [-0.3, -0.25) is 9.59 Å². The van der Waals surface area contributed by atoms with Crippen molar-refractivity contribution in [2.24, 2.45) is 0 Å². The average molecular weight is 214 g/mol. The maximum Gasteiger partial charge on any atom is 0.305 e. The molecule has 86 valence electrons. The summed E-state index contributed by atoms with van der Waals surface area (Å²) in [6.45, 7) is 3.54. The highest BCUT2D eigenvalue weighted by Crippen LogP contribution is 2.25. The minimum absolute atomic E-state index is 0.0629. The molecule has 0 amide bonds. The fourth-order valence-electron chi connectivity index (χ4n) is 1.65. The molecule has 0 heterocycles. The van der Waals surface area contributed by atoms with Crippen LogP contribution in [0.2, 0.25) is 0 Å². The van der Waals surface area contributed by atoms with Gasteiger partial charge in [0.05, 0.1) is 0 Å². The third-order valence-corrected chi connectivity index (χ3v) is 2.51. The van der Waals surface area contributed by atoms with Gasteiger partial charge in [-0.15, -0.1) is 0 Å². The van der Waals surface area contributed by atoms with Crippen LogP contribution in [0.1, 0.15) is 46.0 Å². The van der Waals surface area contributed by atoms with Crippen molar-refractivity contribution >= 4 is 11.9 Å². The van der Waals surface area contributed by atoms with Crippen LogP contribution in [0.25, 0.3) is 0 Å². The molecule has 0 aromatic rings. The van der Waals surface area contributed by atoms with Crippen LogP contribution in [-0.2, 0) is 19.1 Å². The lowest BCUT2D eigenvalue weighted by molar-refractivity contribution is -0.150. The third-order valence-electron chi connectivity index (χ3n) is 2.51. The van der Waals surface area contributed by atoms with Gasteiger partial charge in [0.25, 0.3) is 0 Å². The molecule has 2 atom stereocenters. The van der Waals surface area contributed by atoms with Crippen molar-refractivity contribution in [2.75, 3.05) is 0 Å². The van der Waals surface area contributed by atoms with Gasteiger partial charge in [-0.05, 0) is 12.8 Å². The Hall–Kier alpha value is -1.06. The molecule has 0 unspecified atom stereocenters. The van der Waals surface area contributed by atoms with E-state index in [0.29, 0.717) is 19.3 Å². The van der Waals surface area contributed by atoms with E-state index in [1.54, 1.807) is 13.8 Å². The molecule has 0 aliphatic heterocycles. The number of rotatable bonds is 4. The van der Waals surface area contributed by atoms with E-state index >= 15 is 0 Å². The van der Waals surface area contributed by atoms with E-state index in [1.165, 1.54) is 0 Å². The Kier molecular flexibility index (Phi) is 4.59. The summed E-state index contributed by atoms with van der Waals surface area (Å²) in [7, 11) is 0. The first kappa shape index (κ1) is 12.0. The van der Waals surface area contributed by atoms with Crippen LogP contribution in [0.15, 0.2) is 0 Å². The standard InChI is InChI=1S/C11H18O4/c1-3-10(12)14-8-5-6-9(7-8)15-11(13)4-2/h8-9H,3-7H2,1-2H3/t8-,9-/m0/s1. The van der Waals surface area contributed by atoms with Gasteiger partial charge in [0.15, 0.2) is 0 Å². The molecular formula is C11H18O4. The van der Waals surface area contributed by atoms with Crippen LogP contribution < -0.4 is 0 Å². The molecule has 0 spiro atoms. The van der Waals surface area contributed by atoms with Gasteiger partial charge in [0.2, 0.25) is 0 Å². The molecule has 1 aliphatic carbocycles. The summed E-state index contributed by atoms with van der Waals surface area (Å²) in [5.74, 6) is -0.357. The van der Waals surface area contributed by atoms with Crippen molar-refractivity contribution in [3.05, 3.63) is 0 Å². The number of carbonyl (C=O) groups is 2. The Morgan fingerprint density at radius 2 is 1.40 bits per heavy atom. The highest BCUT2D eigenvalue weighted by atomic mass is 16.6. The van der Waals surface area contributed by atoms with Gasteiger partial charge in [-0.1, -0.05) is 13.8 Å². The molecule has 0 bridgehead atoms. The quantitative estimate of drug-likeness (QED) is 0.670. The molecule has 1 saturated carbocycles. The second-order valence-corrected chi connectivity index (χ2v) is 3.74. The SMILES string of the molecule is CCC(=O)O[C@H]1CC[C@H](OC(=O)CC)C1. The zero-order chi connectivity index (χ0) is 11.3. The summed E-state index contributed by atoms with van der Waals surface area (Å²) in [4.78, 5) is 22.0. The second kappa shape index (κ2) is 5.73. The molecular weight excluding hydrogens is 196 g/mol. The van der Waals surface area contributed by atoms with Gasteiger partial charge >= 0.3 is 11.9 Å². The second-order valence-electron chi connectivity index (χ2n) is 3.74. The van der Waals surface area contributed by atoms with Crippen molar-refractivity contribution in [1.29, 1.82) is 0 Å². The van der Waals surface area contributed by atoms with Crippen LogP contribution in [0, 0.1) is 0 Å². The van der Waals surface area contributed by atoms with Crippen LogP contribution in [0.4, 0.5) is 0 Å². The molecule has 0 N–H and O–H groups in total. The Morgan fingerprint density at radius 3 is 1.73 bits per heavy atom. The normalized spacial score (nSPS) is 24.9. The van der Waals surface area contributed by atoms with Crippen LogP contribution in [0.3, 0.4) is 0 Å². The number of hydrogen-bond acceptors (Lipinski definition) is 4. The zero-order valence-electron chi connectivity index (χ0n) is 9.32. The average Bonchev–Trinajstić information content (AvgIpc) is 2.65. The predicted octanol–water partition coefficient (Wildman–Crippen LogP) is 1.81. The molecule has 0 radical (unpaired) electrons. The van der Waals surface area contributed by atoms with Crippen molar-refractivity contribution in [1.82, 2.24) is 0 Å². The minimum Gasteiger partial charge on any atom is -0.462 e. The Bertz CT molecular complexity index is 213. The van der Waals surface area contributed by atoms with Crippen molar-refractivity contribution < 1.29 is 19.1 Å². The fraction of sp³-hybridized carbons (Fsp3) is 0.818. The van der Waals surface area contributed by atoms with Gasteiger partial charge in [-0.25, -0.2) is 0 Å². The van der Waals surface area contributed by atoms with E-state index in [1.807, 2.05) is 0 Å². The maximum absolute atomic E-state index is 11.0. The summed E-state index contributed by atoms with van der Waals surface area (Å²) in [5, 5.41) is 0. The zero-order valence-corrected chi connectivity index (χ0v) is 9.32. The first-order valence-corrected chi connectivity index (χ1v) is 5.54. The van der Waals surface area contributed by atoms with E-state index in [0.717, 1.165) is 12.8 Å². The van der Waals surface area contributed by atoms with Crippen LogP contribution in [-0.4, -0.2) is 24.1 Å². The molecule has 4 nitrogen and oxygen atoms in total.